The van der Waals surface area contributed by atoms with Gasteiger partial charge < -0.3 is 9.32 Å². The van der Waals surface area contributed by atoms with Gasteiger partial charge in [0.2, 0.25) is 0 Å². The van der Waals surface area contributed by atoms with Gasteiger partial charge in [-0.2, -0.15) is 0 Å². The highest BCUT2D eigenvalue weighted by molar-refractivity contribution is 6.12. The first-order valence-corrected chi connectivity index (χ1v) is 22.6. The number of furan rings is 1. The number of para-hydroxylation sites is 1. The molecule has 0 saturated heterocycles. The van der Waals surface area contributed by atoms with Crippen molar-refractivity contribution in [1.29, 1.82) is 0 Å². The van der Waals surface area contributed by atoms with Crippen LogP contribution in [0.4, 0.5) is 17.1 Å². The summed E-state index contributed by atoms with van der Waals surface area (Å²) < 4.78 is 6.33. The van der Waals surface area contributed by atoms with Crippen LogP contribution in [-0.4, -0.2) is 0 Å². The molecule has 65 heavy (non-hydrogen) atoms. The molecule has 0 amide bonds. The number of nitrogens with zero attached hydrogens (tertiary/aromatic N) is 1. The van der Waals surface area contributed by atoms with Gasteiger partial charge in [0.15, 0.2) is 0 Å². The van der Waals surface area contributed by atoms with Crippen molar-refractivity contribution in [3.8, 4) is 33.4 Å². The van der Waals surface area contributed by atoms with E-state index in [0.717, 1.165) is 50.1 Å². The Bertz CT molecular complexity index is 3570. The maximum absolute atomic E-state index is 6.33. The van der Waals surface area contributed by atoms with Gasteiger partial charge in [0.25, 0.3) is 0 Å². The molecule has 2 heteroatoms. The molecule has 0 aliphatic heterocycles. The van der Waals surface area contributed by atoms with E-state index in [0.29, 0.717) is 0 Å². The zero-order chi connectivity index (χ0) is 43.1. The summed E-state index contributed by atoms with van der Waals surface area (Å²) >= 11 is 0. The maximum Gasteiger partial charge on any atom is 0.136 e. The summed E-state index contributed by atoms with van der Waals surface area (Å²) in [7, 11) is 0. The van der Waals surface area contributed by atoms with E-state index in [-0.39, 0.29) is 5.41 Å². The lowest BCUT2D eigenvalue weighted by molar-refractivity contribution is 0.669. The van der Waals surface area contributed by atoms with E-state index in [1.807, 2.05) is 6.07 Å². The standard InChI is InChI=1S/C63H43NO/c1-62(43-18-5-2-6-19-43)55-28-14-11-24-50(55)52-38-36-47(40-57(52)62)64(46-34-32-42(33-35-46)49-27-17-31-60-61(49)54-26-13-16-30-59(54)65-60)48-37-39-53-51-25-12-15-29-56(51)63(58(53)41-48,44-20-7-3-8-21-44)45-22-9-4-10-23-45/h2-41H,1H3. The molecule has 1 unspecified atom stereocenters. The lowest BCUT2D eigenvalue weighted by Gasteiger charge is -2.35. The molecule has 0 saturated carbocycles. The molecular weight excluding hydrogens is 787 g/mol. The molecule has 0 spiro atoms. The van der Waals surface area contributed by atoms with Crippen molar-refractivity contribution in [1.82, 2.24) is 0 Å². The summed E-state index contributed by atoms with van der Waals surface area (Å²) in [6.07, 6.45) is 0. The van der Waals surface area contributed by atoms with Crippen LogP contribution in [0.1, 0.15) is 45.9 Å². The Morgan fingerprint density at radius 3 is 1.49 bits per heavy atom. The normalized spacial score (nSPS) is 15.3. The lowest BCUT2D eigenvalue weighted by atomic mass is 9.67. The fraction of sp³-hybridized carbons (Fsp3) is 0.0476. The Hall–Kier alpha value is -8.20. The number of hydrogen-bond acceptors (Lipinski definition) is 2. The van der Waals surface area contributed by atoms with Crippen molar-refractivity contribution in [3.05, 3.63) is 282 Å². The molecule has 2 aliphatic rings. The topological polar surface area (TPSA) is 16.4 Å². The minimum atomic E-state index is -0.530. The minimum absolute atomic E-state index is 0.347. The van der Waals surface area contributed by atoms with E-state index in [2.05, 4.69) is 248 Å². The number of rotatable bonds is 7. The predicted molar refractivity (Wildman–Crippen MR) is 269 cm³/mol. The first-order chi connectivity index (χ1) is 32.1. The van der Waals surface area contributed by atoms with Crippen LogP contribution in [0.25, 0.3) is 55.3 Å². The molecule has 0 bridgehead atoms. The third kappa shape index (κ3) is 5.41. The van der Waals surface area contributed by atoms with Crippen molar-refractivity contribution < 1.29 is 4.42 Å². The monoisotopic (exact) mass is 829 g/mol. The van der Waals surface area contributed by atoms with Gasteiger partial charge in [-0.15, -0.1) is 0 Å². The van der Waals surface area contributed by atoms with E-state index < -0.39 is 5.41 Å². The third-order valence-electron chi connectivity index (χ3n) is 14.4. The smallest absolute Gasteiger partial charge is 0.136 e. The lowest BCUT2D eigenvalue weighted by Crippen LogP contribution is -2.28. The highest BCUT2D eigenvalue weighted by Crippen LogP contribution is 2.58. The highest BCUT2D eigenvalue weighted by Gasteiger charge is 2.46. The predicted octanol–water partition coefficient (Wildman–Crippen LogP) is 16.4. The molecule has 0 N–H and O–H groups in total. The van der Waals surface area contributed by atoms with Crippen molar-refractivity contribution in [2.75, 3.05) is 4.90 Å². The highest BCUT2D eigenvalue weighted by atomic mass is 16.3. The van der Waals surface area contributed by atoms with Gasteiger partial charge in [0.1, 0.15) is 11.2 Å². The molecule has 1 heterocycles. The summed E-state index contributed by atoms with van der Waals surface area (Å²) in [6, 6.07) is 89.3. The van der Waals surface area contributed by atoms with E-state index in [1.165, 1.54) is 61.2 Å². The molecule has 11 aromatic rings. The molecule has 2 nitrogen and oxygen atoms in total. The van der Waals surface area contributed by atoms with Crippen LogP contribution in [0.3, 0.4) is 0 Å². The van der Waals surface area contributed by atoms with Crippen LogP contribution >= 0.6 is 0 Å². The molecule has 1 aromatic heterocycles. The van der Waals surface area contributed by atoms with E-state index in [4.69, 9.17) is 4.42 Å². The Morgan fingerprint density at radius 2 is 0.815 bits per heavy atom. The van der Waals surface area contributed by atoms with Crippen molar-refractivity contribution in [3.63, 3.8) is 0 Å². The maximum atomic E-state index is 6.33. The first-order valence-electron chi connectivity index (χ1n) is 22.6. The average molecular weight is 830 g/mol. The average Bonchev–Trinajstić information content (AvgIpc) is 4.00. The Morgan fingerprint density at radius 1 is 0.338 bits per heavy atom. The van der Waals surface area contributed by atoms with Crippen LogP contribution in [-0.2, 0) is 10.8 Å². The summed E-state index contributed by atoms with van der Waals surface area (Å²) in [5, 5.41) is 2.27. The largest absolute Gasteiger partial charge is 0.456 e. The molecule has 0 radical (unpaired) electrons. The molecule has 2 aliphatic carbocycles. The summed E-state index contributed by atoms with van der Waals surface area (Å²) in [4.78, 5) is 2.47. The Balaban J connectivity index is 1.05. The van der Waals surface area contributed by atoms with E-state index in [1.54, 1.807) is 0 Å². The van der Waals surface area contributed by atoms with Gasteiger partial charge in [-0.25, -0.2) is 0 Å². The Labute approximate surface area is 379 Å². The van der Waals surface area contributed by atoms with Gasteiger partial charge >= 0.3 is 0 Å². The minimum Gasteiger partial charge on any atom is -0.456 e. The van der Waals surface area contributed by atoms with Crippen LogP contribution in [0.5, 0.6) is 0 Å². The molecule has 1 atom stereocenters. The molecule has 13 rings (SSSR count). The zero-order valence-corrected chi connectivity index (χ0v) is 35.9. The van der Waals surface area contributed by atoms with Crippen LogP contribution in [0, 0.1) is 0 Å². The van der Waals surface area contributed by atoms with Gasteiger partial charge in [0.05, 0.1) is 5.41 Å². The summed E-state index contributed by atoms with van der Waals surface area (Å²) in [6.45, 7) is 2.40. The molecule has 10 aromatic carbocycles. The van der Waals surface area contributed by atoms with Crippen molar-refractivity contribution in [2.24, 2.45) is 0 Å². The quantitative estimate of drug-likeness (QED) is 0.159. The molecule has 306 valence electrons. The van der Waals surface area contributed by atoms with E-state index >= 15 is 0 Å². The number of fused-ring (bicyclic) bond motifs is 9. The van der Waals surface area contributed by atoms with Gasteiger partial charge in [0, 0.05) is 33.2 Å². The zero-order valence-electron chi connectivity index (χ0n) is 35.9. The van der Waals surface area contributed by atoms with Crippen molar-refractivity contribution >= 4 is 39.0 Å². The number of benzene rings is 10. The van der Waals surface area contributed by atoms with Crippen LogP contribution < -0.4 is 4.90 Å². The second-order valence-corrected chi connectivity index (χ2v) is 17.7. The van der Waals surface area contributed by atoms with Gasteiger partial charge in [-0.3, -0.25) is 0 Å². The number of anilines is 3. The van der Waals surface area contributed by atoms with Crippen LogP contribution in [0.2, 0.25) is 0 Å². The van der Waals surface area contributed by atoms with Crippen molar-refractivity contribution in [2.45, 2.75) is 17.8 Å². The fourth-order valence-electron chi connectivity index (χ4n) is 11.5. The Kier molecular flexibility index (Phi) is 8.29. The van der Waals surface area contributed by atoms with Crippen LogP contribution in [0.15, 0.2) is 247 Å². The number of hydrogen-bond donors (Lipinski definition) is 0. The fourth-order valence-corrected chi connectivity index (χ4v) is 11.5. The van der Waals surface area contributed by atoms with Gasteiger partial charge in [-0.05, 0) is 128 Å². The second-order valence-electron chi connectivity index (χ2n) is 17.7. The van der Waals surface area contributed by atoms with Gasteiger partial charge in [-0.1, -0.05) is 194 Å². The SMILES string of the molecule is CC1(c2ccccc2)c2ccccc2-c2ccc(N(c3ccc(-c4cccc5oc6ccccc6c45)cc3)c3ccc4c(c3)C(c3ccccc3)(c3ccccc3)c3ccccc3-4)cc21. The first kappa shape index (κ1) is 37.4. The molecule has 0 fully saturated rings. The summed E-state index contributed by atoms with van der Waals surface area (Å²) in [5.74, 6) is 0. The summed E-state index contributed by atoms with van der Waals surface area (Å²) in [5.41, 5.74) is 20.6. The second kappa shape index (κ2) is 14.4. The third-order valence-corrected chi connectivity index (χ3v) is 14.4. The molecular formula is C63H43NO. The van der Waals surface area contributed by atoms with E-state index in [9.17, 15) is 0 Å².